The lowest BCUT2D eigenvalue weighted by Crippen LogP contribution is -2.39. The number of carbonyl (C=O) groups is 1. The second-order valence-corrected chi connectivity index (χ2v) is 5.85. The number of likely N-dealkylation sites (tertiary alicyclic amines) is 1. The number of tetrazole rings is 1. The maximum absolute atomic E-state index is 12.7. The molecule has 128 valence electrons. The third kappa shape index (κ3) is 3.60. The summed E-state index contributed by atoms with van der Waals surface area (Å²) in [6.45, 7) is 1.15. The fraction of sp³-hybridized carbons (Fsp3) is 0.500. The molecule has 1 fully saturated rings. The van der Waals surface area contributed by atoms with Gasteiger partial charge in [0.1, 0.15) is 6.33 Å². The lowest BCUT2D eigenvalue weighted by atomic mass is 10.1. The van der Waals surface area contributed by atoms with Crippen LogP contribution in [0, 0.1) is 0 Å². The van der Waals surface area contributed by atoms with Crippen LogP contribution in [0.2, 0.25) is 0 Å². The van der Waals surface area contributed by atoms with E-state index in [0.717, 1.165) is 17.7 Å². The Bertz CT molecular complexity index is 659. The third-order valence-electron chi connectivity index (χ3n) is 4.29. The van der Waals surface area contributed by atoms with Crippen LogP contribution in [0.5, 0.6) is 0 Å². The molecule has 3 rings (SSSR count). The highest BCUT2D eigenvalue weighted by atomic mass is 16.5. The van der Waals surface area contributed by atoms with Crippen LogP contribution in [0.3, 0.4) is 0 Å². The van der Waals surface area contributed by atoms with E-state index in [9.17, 15) is 4.79 Å². The van der Waals surface area contributed by atoms with Crippen LogP contribution in [0.1, 0.15) is 12.0 Å². The lowest BCUT2D eigenvalue weighted by molar-refractivity contribution is -0.132. The Labute approximate surface area is 140 Å². The molecule has 8 heteroatoms. The van der Waals surface area contributed by atoms with Crippen LogP contribution in [0.25, 0.3) is 5.69 Å². The van der Waals surface area contributed by atoms with E-state index in [-0.39, 0.29) is 18.1 Å². The van der Waals surface area contributed by atoms with E-state index in [0.29, 0.717) is 19.6 Å². The Morgan fingerprint density at radius 3 is 2.71 bits per heavy atom. The monoisotopic (exact) mass is 331 g/mol. The van der Waals surface area contributed by atoms with Gasteiger partial charge < -0.3 is 14.4 Å². The number of hydrogen-bond acceptors (Lipinski definition) is 6. The number of carbonyl (C=O) groups excluding carboxylic acids is 1. The molecule has 1 aromatic heterocycles. The first-order chi connectivity index (χ1) is 11.7. The Morgan fingerprint density at radius 2 is 2.08 bits per heavy atom. The SMILES string of the molecule is COC[C@@H]1C[C@H](OC)CN1C(=O)Cc1ccc(-n2cnnn2)cc1. The summed E-state index contributed by atoms with van der Waals surface area (Å²) in [6.07, 6.45) is 2.78. The van der Waals surface area contributed by atoms with Crippen molar-refractivity contribution in [3.8, 4) is 5.69 Å². The zero-order valence-corrected chi connectivity index (χ0v) is 13.8. The Hall–Kier alpha value is -2.32. The summed E-state index contributed by atoms with van der Waals surface area (Å²) in [7, 11) is 3.33. The smallest absolute Gasteiger partial charge is 0.227 e. The third-order valence-corrected chi connectivity index (χ3v) is 4.29. The topological polar surface area (TPSA) is 82.4 Å². The number of benzene rings is 1. The number of nitrogens with zero attached hydrogens (tertiary/aromatic N) is 5. The summed E-state index contributed by atoms with van der Waals surface area (Å²) in [4.78, 5) is 14.5. The fourth-order valence-corrected chi connectivity index (χ4v) is 3.02. The summed E-state index contributed by atoms with van der Waals surface area (Å²) in [6, 6.07) is 7.71. The van der Waals surface area contributed by atoms with Crippen molar-refractivity contribution in [3.05, 3.63) is 36.2 Å². The van der Waals surface area contributed by atoms with Crippen molar-refractivity contribution >= 4 is 5.91 Å². The molecular weight excluding hydrogens is 310 g/mol. The van der Waals surface area contributed by atoms with Gasteiger partial charge in [-0.2, -0.15) is 0 Å². The summed E-state index contributed by atoms with van der Waals surface area (Å²) < 4.78 is 12.2. The first-order valence-corrected chi connectivity index (χ1v) is 7.84. The van der Waals surface area contributed by atoms with Crippen molar-refractivity contribution in [2.24, 2.45) is 0 Å². The van der Waals surface area contributed by atoms with Crippen LogP contribution in [-0.4, -0.2) is 70.5 Å². The minimum atomic E-state index is 0.0768. The summed E-state index contributed by atoms with van der Waals surface area (Å²) in [5.74, 6) is 0.0896. The van der Waals surface area contributed by atoms with Crippen LogP contribution < -0.4 is 0 Å². The van der Waals surface area contributed by atoms with Crippen LogP contribution >= 0.6 is 0 Å². The molecule has 1 aromatic carbocycles. The molecule has 1 saturated heterocycles. The molecule has 0 unspecified atom stereocenters. The van der Waals surface area contributed by atoms with E-state index in [4.69, 9.17) is 9.47 Å². The van der Waals surface area contributed by atoms with E-state index in [1.807, 2.05) is 29.2 Å². The molecule has 0 spiro atoms. The van der Waals surface area contributed by atoms with Gasteiger partial charge in [0.2, 0.25) is 5.91 Å². The van der Waals surface area contributed by atoms with Crippen LogP contribution in [0.4, 0.5) is 0 Å². The zero-order chi connectivity index (χ0) is 16.9. The highest BCUT2D eigenvalue weighted by molar-refractivity contribution is 5.79. The molecule has 8 nitrogen and oxygen atoms in total. The summed E-state index contributed by atoms with van der Waals surface area (Å²) >= 11 is 0. The quantitative estimate of drug-likeness (QED) is 0.765. The minimum absolute atomic E-state index is 0.0768. The van der Waals surface area contributed by atoms with E-state index in [1.165, 1.54) is 6.33 Å². The normalized spacial score (nSPS) is 20.5. The number of aromatic nitrogens is 4. The number of hydrogen-bond donors (Lipinski definition) is 0. The molecule has 2 aromatic rings. The highest BCUT2D eigenvalue weighted by Gasteiger charge is 2.35. The standard InChI is InChI=1S/C16H21N5O3/c1-23-10-14-8-15(24-2)9-20(14)16(22)7-12-3-5-13(6-4-12)21-11-17-18-19-21/h3-6,11,14-15H,7-10H2,1-2H3/t14-,15-/m0/s1. The molecule has 0 saturated carbocycles. The van der Waals surface area contributed by atoms with Crippen LogP contribution in [-0.2, 0) is 20.7 Å². The first kappa shape index (κ1) is 16.5. The van der Waals surface area contributed by atoms with Gasteiger partial charge in [-0.15, -0.1) is 5.10 Å². The van der Waals surface area contributed by atoms with Crippen molar-refractivity contribution in [1.29, 1.82) is 0 Å². The number of rotatable bonds is 6. The predicted octanol–water partition coefficient (Wildman–Crippen LogP) is 0.467. The predicted molar refractivity (Wildman–Crippen MR) is 85.6 cm³/mol. The second-order valence-electron chi connectivity index (χ2n) is 5.85. The molecule has 2 atom stereocenters. The van der Waals surface area contributed by atoms with E-state index in [2.05, 4.69) is 15.5 Å². The Kier molecular flexibility index (Phi) is 5.17. The molecule has 0 radical (unpaired) electrons. The van der Waals surface area contributed by atoms with Crippen molar-refractivity contribution in [2.45, 2.75) is 25.0 Å². The Morgan fingerprint density at radius 1 is 1.29 bits per heavy atom. The van der Waals surface area contributed by atoms with Crippen molar-refractivity contribution in [2.75, 3.05) is 27.4 Å². The van der Waals surface area contributed by atoms with Gasteiger partial charge in [-0.3, -0.25) is 4.79 Å². The highest BCUT2D eigenvalue weighted by Crippen LogP contribution is 2.21. The van der Waals surface area contributed by atoms with E-state index in [1.54, 1.807) is 18.9 Å². The molecule has 0 bridgehead atoms. The van der Waals surface area contributed by atoms with Crippen LogP contribution in [0.15, 0.2) is 30.6 Å². The van der Waals surface area contributed by atoms with Gasteiger partial charge in [0, 0.05) is 20.8 Å². The van der Waals surface area contributed by atoms with Crippen molar-refractivity contribution < 1.29 is 14.3 Å². The molecule has 1 aliphatic rings. The molecular formula is C16H21N5O3. The van der Waals surface area contributed by atoms with Gasteiger partial charge in [0.25, 0.3) is 0 Å². The van der Waals surface area contributed by atoms with Gasteiger partial charge in [0.05, 0.1) is 30.9 Å². The number of ether oxygens (including phenoxy) is 2. The maximum Gasteiger partial charge on any atom is 0.227 e. The lowest BCUT2D eigenvalue weighted by Gasteiger charge is -2.24. The van der Waals surface area contributed by atoms with Gasteiger partial charge in [-0.1, -0.05) is 12.1 Å². The molecule has 1 aliphatic heterocycles. The molecule has 0 N–H and O–H groups in total. The average Bonchev–Trinajstić information content (AvgIpc) is 3.25. The average molecular weight is 331 g/mol. The number of methoxy groups -OCH3 is 2. The summed E-state index contributed by atoms with van der Waals surface area (Å²) in [5, 5.41) is 11.1. The fourth-order valence-electron chi connectivity index (χ4n) is 3.02. The Balaban J connectivity index is 1.65. The molecule has 24 heavy (non-hydrogen) atoms. The molecule has 2 heterocycles. The van der Waals surface area contributed by atoms with Gasteiger partial charge in [-0.25, -0.2) is 4.68 Å². The summed E-state index contributed by atoms with van der Waals surface area (Å²) in [5.41, 5.74) is 1.81. The van der Waals surface area contributed by atoms with E-state index >= 15 is 0 Å². The van der Waals surface area contributed by atoms with E-state index < -0.39 is 0 Å². The first-order valence-electron chi connectivity index (χ1n) is 7.84. The van der Waals surface area contributed by atoms with Gasteiger partial charge in [0.15, 0.2) is 0 Å². The van der Waals surface area contributed by atoms with Crippen molar-refractivity contribution in [3.63, 3.8) is 0 Å². The second kappa shape index (κ2) is 7.50. The largest absolute Gasteiger partial charge is 0.383 e. The van der Waals surface area contributed by atoms with Gasteiger partial charge >= 0.3 is 0 Å². The molecule has 0 aliphatic carbocycles. The zero-order valence-electron chi connectivity index (χ0n) is 13.8. The maximum atomic E-state index is 12.7. The number of amides is 1. The van der Waals surface area contributed by atoms with Crippen molar-refractivity contribution in [1.82, 2.24) is 25.1 Å². The van der Waals surface area contributed by atoms with Gasteiger partial charge in [-0.05, 0) is 34.5 Å². The molecule has 1 amide bonds. The minimum Gasteiger partial charge on any atom is -0.383 e.